The molecule has 0 aromatic heterocycles. The highest BCUT2D eigenvalue weighted by Gasteiger charge is 2.30. The number of hydrogen-bond acceptors (Lipinski definition) is 15. The molecule has 0 saturated carbocycles. The van der Waals surface area contributed by atoms with Gasteiger partial charge >= 0.3 is 39.5 Å². The van der Waals surface area contributed by atoms with Crippen LogP contribution in [0.3, 0.4) is 0 Å². The number of unbranched alkanes of at least 4 members (excludes halogenated alkanes) is 49. The molecule has 100 heavy (non-hydrogen) atoms. The number of aliphatic hydroxyl groups is 1. The van der Waals surface area contributed by atoms with Crippen molar-refractivity contribution in [3.8, 4) is 0 Å². The van der Waals surface area contributed by atoms with E-state index in [2.05, 4.69) is 41.5 Å². The Hall–Kier alpha value is -1.94. The molecular formula is C81H158O17P2. The summed E-state index contributed by atoms with van der Waals surface area (Å²) in [5.74, 6) is -0.522. The molecule has 0 aliphatic rings. The van der Waals surface area contributed by atoms with Crippen LogP contribution >= 0.6 is 15.6 Å². The van der Waals surface area contributed by atoms with Gasteiger partial charge in [-0.1, -0.05) is 375 Å². The number of rotatable bonds is 80. The third-order valence-corrected chi connectivity index (χ3v) is 21.2. The summed E-state index contributed by atoms with van der Waals surface area (Å²) >= 11 is 0. The van der Waals surface area contributed by atoms with Crippen LogP contribution in [0.4, 0.5) is 0 Å². The first-order valence-electron chi connectivity index (χ1n) is 42.0. The van der Waals surface area contributed by atoms with Crippen LogP contribution in [0.2, 0.25) is 0 Å². The fourth-order valence-electron chi connectivity index (χ4n) is 12.5. The van der Waals surface area contributed by atoms with Gasteiger partial charge in [-0.15, -0.1) is 0 Å². The summed E-state index contributed by atoms with van der Waals surface area (Å²) in [6, 6.07) is 0. The van der Waals surface area contributed by atoms with Crippen molar-refractivity contribution in [3.05, 3.63) is 0 Å². The number of phosphoric acid groups is 2. The van der Waals surface area contributed by atoms with Gasteiger partial charge < -0.3 is 33.8 Å². The molecule has 0 bridgehead atoms. The second-order valence-electron chi connectivity index (χ2n) is 29.9. The van der Waals surface area contributed by atoms with Crippen LogP contribution in [0.15, 0.2) is 0 Å². The highest BCUT2D eigenvalue weighted by atomic mass is 31.2. The van der Waals surface area contributed by atoms with Crippen molar-refractivity contribution in [1.82, 2.24) is 0 Å². The van der Waals surface area contributed by atoms with Crippen molar-refractivity contribution in [2.45, 2.75) is 445 Å². The third-order valence-electron chi connectivity index (χ3n) is 19.3. The predicted molar refractivity (Wildman–Crippen MR) is 409 cm³/mol. The Balaban J connectivity index is 5.24. The molecular weight excluding hydrogens is 1310 g/mol. The summed E-state index contributed by atoms with van der Waals surface area (Å²) in [5, 5.41) is 10.6. The minimum Gasteiger partial charge on any atom is -0.462 e. The lowest BCUT2D eigenvalue weighted by atomic mass is 9.99. The van der Waals surface area contributed by atoms with Crippen LogP contribution in [-0.4, -0.2) is 96.7 Å². The number of esters is 4. The van der Waals surface area contributed by atoms with E-state index in [1.165, 1.54) is 244 Å². The third kappa shape index (κ3) is 73.0. The van der Waals surface area contributed by atoms with Crippen molar-refractivity contribution in [1.29, 1.82) is 0 Å². The van der Waals surface area contributed by atoms with E-state index in [0.717, 1.165) is 102 Å². The topological polar surface area (TPSA) is 237 Å². The van der Waals surface area contributed by atoms with E-state index in [-0.39, 0.29) is 25.7 Å². The van der Waals surface area contributed by atoms with Crippen molar-refractivity contribution >= 4 is 39.5 Å². The lowest BCUT2D eigenvalue weighted by Crippen LogP contribution is -2.30. The van der Waals surface area contributed by atoms with Gasteiger partial charge in [0.2, 0.25) is 0 Å². The maximum atomic E-state index is 13.1. The Labute approximate surface area is 613 Å². The fraction of sp³-hybridized carbons (Fsp3) is 0.951. The standard InChI is InChI=1S/C81H158O17P2/c1-7-10-12-14-16-18-20-21-22-23-24-25-26-31-35-41-47-53-59-65-80(85)97-76(69-92-79(84)64-58-52-46-40-34-30-28-27-29-33-38-44-50-56-62-74(6)9-3)71-95-99(87,88)93-67-75(82)68-94-100(89,90)96-72-77(70-91-78(83)63-57-51-45-39-32-19-17-15-13-11-8-2)98-81(86)66-60-54-48-42-36-37-43-49-55-61-73(4)5/h73-77,82H,7-72H2,1-6H3,(H,87,88)(H,89,90)/t74?,75-,76-,77-/m1/s1. The van der Waals surface area contributed by atoms with Crippen LogP contribution in [0, 0.1) is 11.8 Å². The molecule has 3 N–H and O–H groups in total. The largest absolute Gasteiger partial charge is 0.472 e. The summed E-state index contributed by atoms with van der Waals surface area (Å²) in [6.07, 6.45) is 62.4. The number of phosphoric ester groups is 2. The van der Waals surface area contributed by atoms with Gasteiger partial charge in [0, 0.05) is 25.7 Å². The average Bonchev–Trinajstić information content (AvgIpc) is 0.988. The van der Waals surface area contributed by atoms with E-state index >= 15 is 0 Å². The van der Waals surface area contributed by atoms with Crippen molar-refractivity contribution < 1.29 is 80.2 Å². The molecule has 0 aromatic rings. The Kier molecular flexibility index (Phi) is 71.2. The van der Waals surface area contributed by atoms with E-state index < -0.39 is 97.5 Å². The highest BCUT2D eigenvalue weighted by molar-refractivity contribution is 7.47. The minimum absolute atomic E-state index is 0.106. The van der Waals surface area contributed by atoms with Crippen molar-refractivity contribution in [2.24, 2.45) is 11.8 Å². The van der Waals surface area contributed by atoms with Gasteiger partial charge in [-0.25, -0.2) is 9.13 Å². The van der Waals surface area contributed by atoms with E-state index in [1.54, 1.807) is 0 Å². The molecule has 3 unspecified atom stereocenters. The molecule has 0 aliphatic carbocycles. The average molecular weight is 1470 g/mol. The van der Waals surface area contributed by atoms with Gasteiger partial charge in [0.25, 0.3) is 0 Å². The minimum atomic E-state index is -4.96. The summed E-state index contributed by atoms with van der Waals surface area (Å²) in [5.41, 5.74) is 0. The van der Waals surface area contributed by atoms with Gasteiger partial charge in [0.1, 0.15) is 19.3 Å². The Morgan fingerprint density at radius 2 is 0.510 bits per heavy atom. The summed E-state index contributed by atoms with van der Waals surface area (Å²) in [6.45, 7) is 9.66. The summed E-state index contributed by atoms with van der Waals surface area (Å²) in [4.78, 5) is 73.0. The van der Waals surface area contributed by atoms with E-state index in [1.807, 2.05) is 0 Å². The second kappa shape index (κ2) is 72.6. The molecule has 19 heteroatoms. The first-order chi connectivity index (χ1) is 48.4. The van der Waals surface area contributed by atoms with Gasteiger partial charge in [0.15, 0.2) is 12.2 Å². The Morgan fingerprint density at radius 1 is 0.290 bits per heavy atom. The molecule has 6 atom stereocenters. The smallest absolute Gasteiger partial charge is 0.462 e. The van der Waals surface area contributed by atoms with Crippen LogP contribution in [-0.2, 0) is 65.4 Å². The van der Waals surface area contributed by atoms with Crippen LogP contribution in [0.1, 0.15) is 427 Å². The SMILES string of the molecule is CCCCCCCCCCCCCCCCCCCCCC(=O)O[C@H](COC(=O)CCCCCCCCCCCCCCCCC(C)CC)COP(=O)(O)OC[C@@H](O)COP(=O)(O)OC[C@@H](COC(=O)CCCCCCCCCCCCC)OC(=O)CCCCCCCCCCCC(C)C. The highest BCUT2D eigenvalue weighted by Crippen LogP contribution is 2.45. The second-order valence-corrected chi connectivity index (χ2v) is 32.8. The molecule has 0 rings (SSSR count). The van der Waals surface area contributed by atoms with Gasteiger partial charge in [-0.2, -0.15) is 0 Å². The molecule has 0 spiro atoms. The number of hydrogen-bond donors (Lipinski definition) is 3. The summed E-state index contributed by atoms with van der Waals surface area (Å²) < 4.78 is 68.7. The van der Waals surface area contributed by atoms with Crippen LogP contribution in [0.5, 0.6) is 0 Å². The molecule has 594 valence electrons. The zero-order chi connectivity index (χ0) is 73.5. The Morgan fingerprint density at radius 3 is 0.760 bits per heavy atom. The first-order valence-corrected chi connectivity index (χ1v) is 45.0. The molecule has 0 heterocycles. The van der Waals surface area contributed by atoms with Crippen LogP contribution < -0.4 is 0 Å². The quantitative estimate of drug-likeness (QED) is 0.0222. The van der Waals surface area contributed by atoms with E-state index in [0.29, 0.717) is 25.7 Å². The number of carbonyl (C=O) groups excluding carboxylic acids is 4. The molecule has 0 aliphatic heterocycles. The zero-order valence-electron chi connectivity index (χ0n) is 65.5. The molecule has 0 radical (unpaired) electrons. The van der Waals surface area contributed by atoms with Gasteiger partial charge in [0.05, 0.1) is 26.4 Å². The number of aliphatic hydroxyl groups excluding tert-OH is 1. The predicted octanol–water partition coefficient (Wildman–Crippen LogP) is 24.3. The van der Waals surface area contributed by atoms with E-state index in [4.69, 9.17) is 37.0 Å². The van der Waals surface area contributed by atoms with Gasteiger partial charge in [-0.05, 0) is 37.5 Å². The normalized spacial score (nSPS) is 14.2. The lowest BCUT2D eigenvalue weighted by Gasteiger charge is -2.21. The molecule has 0 aromatic carbocycles. The number of carbonyl (C=O) groups is 4. The van der Waals surface area contributed by atoms with Crippen molar-refractivity contribution in [2.75, 3.05) is 39.6 Å². The summed E-state index contributed by atoms with van der Waals surface area (Å²) in [7, 11) is -9.92. The lowest BCUT2D eigenvalue weighted by molar-refractivity contribution is -0.161. The maximum Gasteiger partial charge on any atom is 0.472 e. The fourth-order valence-corrected chi connectivity index (χ4v) is 14.1. The van der Waals surface area contributed by atoms with E-state index in [9.17, 15) is 43.2 Å². The van der Waals surface area contributed by atoms with Crippen molar-refractivity contribution in [3.63, 3.8) is 0 Å². The molecule has 0 saturated heterocycles. The molecule has 0 fully saturated rings. The monoisotopic (exact) mass is 1470 g/mol. The maximum absolute atomic E-state index is 13.1. The molecule has 0 amide bonds. The van der Waals surface area contributed by atoms with Gasteiger partial charge in [-0.3, -0.25) is 37.3 Å². The number of ether oxygens (including phenoxy) is 4. The van der Waals surface area contributed by atoms with Crippen LogP contribution in [0.25, 0.3) is 0 Å². The zero-order valence-corrected chi connectivity index (χ0v) is 67.3. The first kappa shape index (κ1) is 98.1. The Bertz CT molecular complexity index is 1930. The molecule has 17 nitrogen and oxygen atoms in total.